The van der Waals surface area contributed by atoms with Crippen LogP contribution in [0.4, 0.5) is 15.9 Å². The number of carbonyl (C=O) groups excluding carboxylic acids is 1. The quantitative estimate of drug-likeness (QED) is 0.276. The maximum atomic E-state index is 15.1. The van der Waals surface area contributed by atoms with Crippen LogP contribution in [-0.4, -0.2) is 52.2 Å². The second-order valence-corrected chi connectivity index (χ2v) is 10.1. The number of hydrogen-bond donors (Lipinski definition) is 2. The van der Waals surface area contributed by atoms with Crippen molar-refractivity contribution >= 4 is 28.3 Å². The summed E-state index contributed by atoms with van der Waals surface area (Å²) >= 11 is 0. The first-order valence-electron chi connectivity index (χ1n) is 13.0. The van der Waals surface area contributed by atoms with Crippen LogP contribution >= 0.6 is 0 Å². The number of nitrogens with one attached hydrogen (secondary N) is 1. The minimum absolute atomic E-state index is 0.0870. The number of ether oxygens (including phenoxy) is 2. The highest BCUT2D eigenvalue weighted by Gasteiger charge is 2.26. The number of furan rings is 1. The number of aliphatic hydroxyl groups is 1. The summed E-state index contributed by atoms with van der Waals surface area (Å²) in [6.07, 6.45) is 5.42. The Morgan fingerprint density at radius 1 is 1.23 bits per heavy atom. The topological polar surface area (TPSA) is 110 Å². The van der Waals surface area contributed by atoms with Crippen LogP contribution in [0.1, 0.15) is 32.3 Å². The third-order valence-corrected chi connectivity index (χ3v) is 6.95. The summed E-state index contributed by atoms with van der Waals surface area (Å²) < 4.78 is 32.4. The van der Waals surface area contributed by atoms with Crippen molar-refractivity contribution in [2.24, 2.45) is 0 Å². The smallest absolute Gasteiger partial charge is 0.245 e. The number of anilines is 2. The van der Waals surface area contributed by atoms with Crippen molar-refractivity contribution in [3.05, 3.63) is 73.0 Å². The molecule has 0 unspecified atom stereocenters. The van der Waals surface area contributed by atoms with Crippen LogP contribution in [0.25, 0.3) is 22.2 Å². The van der Waals surface area contributed by atoms with Crippen LogP contribution in [0.15, 0.2) is 66.1 Å². The van der Waals surface area contributed by atoms with Gasteiger partial charge >= 0.3 is 0 Å². The normalized spacial score (nSPS) is 14.3. The Labute approximate surface area is 231 Å². The van der Waals surface area contributed by atoms with Gasteiger partial charge in [-0.3, -0.25) is 4.79 Å². The van der Waals surface area contributed by atoms with Crippen LogP contribution < -0.4 is 14.8 Å². The molecule has 0 radical (unpaired) electrons. The van der Waals surface area contributed by atoms with Crippen LogP contribution in [0.3, 0.4) is 0 Å². The number of rotatable bonds is 8. The van der Waals surface area contributed by atoms with Gasteiger partial charge in [0, 0.05) is 48.6 Å². The predicted molar refractivity (Wildman–Crippen MR) is 149 cm³/mol. The van der Waals surface area contributed by atoms with E-state index in [1.54, 1.807) is 56.2 Å². The van der Waals surface area contributed by atoms with Crippen molar-refractivity contribution in [1.29, 1.82) is 0 Å². The summed E-state index contributed by atoms with van der Waals surface area (Å²) in [5, 5.41) is 14.8. The molecule has 208 valence electrons. The first-order valence-corrected chi connectivity index (χ1v) is 13.0. The lowest BCUT2D eigenvalue weighted by molar-refractivity contribution is -0.127. The van der Waals surface area contributed by atoms with Crippen LogP contribution in [-0.2, 0) is 10.4 Å². The number of likely N-dealkylation sites (tertiary alicyclic amines) is 1. The lowest BCUT2D eigenvalue weighted by Gasteiger charge is -2.31. The molecular weight excluding hydrogens is 515 g/mol. The van der Waals surface area contributed by atoms with E-state index in [9.17, 15) is 9.90 Å². The molecule has 10 heteroatoms. The SMILES string of the molecule is C=CC(=O)N1CCC(Oc2cc3c(Nc4cc(-c5ccco5)c(F)cc4C(C)(C)O)ncnc3cc2OC)CC1. The van der Waals surface area contributed by atoms with Crippen molar-refractivity contribution in [3.63, 3.8) is 0 Å². The van der Waals surface area contributed by atoms with E-state index in [1.807, 2.05) is 0 Å². The Morgan fingerprint density at radius 2 is 2.00 bits per heavy atom. The molecule has 1 aliphatic rings. The second kappa shape index (κ2) is 11.0. The van der Waals surface area contributed by atoms with Crippen LogP contribution in [0, 0.1) is 5.82 Å². The molecule has 1 aliphatic heterocycles. The van der Waals surface area contributed by atoms with Crippen molar-refractivity contribution in [2.45, 2.75) is 38.4 Å². The molecule has 0 atom stereocenters. The number of benzene rings is 2. The van der Waals surface area contributed by atoms with Crippen LogP contribution in [0.5, 0.6) is 11.5 Å². The average molecular weight is 547 g/mol. The number of piperidine rings is 1. The zero-order valence-electron chi connectivity index (χ0n) is 22.6. The predicted octanol–water partition coefficient (Wildman–Crippen LogP) is 5.56. The van der Waals surface area contributed by atoms with Gasteiger partial charge in [0.05, 0.1) is 30.1 Å². The zero-order valence-corrected chi connectivity index (χ0v) is 22.6. The van der Waals surface area contributed by atoms with Gasteiger partial charge < -0.3 is 29.2 Å². The number of fused-ring (bicyclic) bond motifs is 1. The summed E-state index contributed by atoms with van der Waals surface area (Å²) in [6, 6.07) is 9.81. The van der Waals surface area contributed by atoms with E-state index in [4.69, 9.17) is 13.9 Å². The molecule has 2 aromatic carbocycles. The Hall–Kier alpha value is -4.44. The van der Waals surface area contributed by atoms with E-state index in [-0.39, 0.29) is 17.6 Å². The standard InChI is InChI=1S/C30H31FN4O5/c1-5-28(36)35-10-8-18(9-11-35)40-27-14-20-23(16-26(27)38-4)32-17-33-29(20)34-24-13-19(25-7-6-12-39-25)22(31)15-21(24)30(2,3)37/h5-7,12-18,37H,1,8-11H2,2-4H3,(H,32,33,34). The third-order valence-electron chi connectivity index (χ3n) is 6.95. The summed E-state index contributed by atoms with van der Waals surface area (Å²) in [5.41, 5.74) is 0.292. The molecule has 0 saturated carbocycles. The molecule has 0 bridgehead atoms. The van der Waals surface area contributed by atoms with E-state index in [1.165, 1.54) is 24.7 Å². The molecule has 1 amide bonds. The monoisotopic (exact) mass is 546 g/mol. The molecular formula is C30H31FN4O5. The minimum Gasteiger partial charge on any atom is -0.493 e. The van der Waals surface area contributed by atoms with Gasteiger partial charge in [-0.05, 0) is 50.3 Å². The number of halogens is 1. The molecule has 5 rings (SSSR count). The molecule has 9 nitrogen and oxygen atoms in total. The summed E-state index contributed by atoms with van der Waals surface area (Å²) in [5.74, 6) is 1.21. The third kappa shape index (κ3) is 5.48. The van der Waals surface area contributed by atoms with Crippen molar-refractivity contribution in [2.75, 3.05) is 25.5 Å². The van der Waals surface area contributed by atoms with E-state index in [0.29, 0.717) is 71.2 Å². The van der Waals surface area contributed by atoms with Gasteiger partial charge in [-0.1, -0.05) is 6.58 Å². The van der Waals surface area contributed by atoms with Gasteiger partial charge in [-0.15, -0.1) is 0 Å². The van der Waals surface area contributed by atoms with Gasteiger partial charge in [-0.2, -0.15) is 0 Å². The fourth-order valence-corrected chi connectivity index (χ4v) is 4.85. The van der Waals surface area contributed by atoms with Crippen molar-refractivity contribution in [1.82, 2.24) is 14.9 Å². The van der Waals surface area contributed by atoms with E-state index >= 15 is 4.39 Å². The fourth-order valence-electron chi connectivity index (χ4n) is 4.85. The van der Waals surface area contributed by atoms with Crippen LogP contribution in [0.2, 0.25) is 0 Å². The number of methoxy groups -OCH3 is 1. The zero-order chi connectivity index (χ0) is 28.4. The summed E-state index contributed by atoms with van der Waals surface area (Å²) in [7, 11) is 1.56. The maximum absolute atomic E-state index is 15.1. The highest BCUT2D eigenvalue weighted by atomic mass is 19.1. The molecule has 3 heterocycles. The molecule has 4 aromatic rings. The highest BCUT2D eigenvalue weighted by molar-refractivity contribution is 5.93. The number of nitrogens with zero attached hydrogens (tertiary/aromatic N) is 3. The Kier molecular flexibility index (Phi) is 7.44. The first-order chi connectivity index (χ1) is 19.2. The minimum atomic E-state index is -1.35. The second-order valence-electron chi connectivity index (χ2n) is 10.1. The Balaban J connectivity index is 1.51. The summed E-state index contributed by atoms with van der Waals surface area (Å²) in [4.78, 5) is 22.5. The van der Waals surface area contributed by atoms with Gasteiger partial charge in [0.25, 0.3) is 0 Å². The maximum Gasteiger partial charge on any atom is 0.245 e. The Morgan fingerprint density at radius 3 is 2.65 bits per heavy atom. The van der Waals surface area contributed by atoms with E-state index in [0.717, 1.165) is 0 Å². The van der Waals surface area contributed by atoms with Gasteiger partial charge in [0.15, 0.2) is 11.5 Å². The lowest BCUT2D eigenvalue weighted by Crippen LogP contribution is -2.41. The first kappa shape index (κ1) is 27.1. The Bertz CT molecular complexity index is 1540. The largest absolute Gasteiger partial charge is 0.493 e. The van der Waals surface area contributed by atoms with Gasteiger partial charge in [0.1, 0.15) is 29.8 Å². The number of amides is 1. The lowest BCUT2D eigenvalue weighted by atomic mass is 9.94. The highest BCUT2D eigenvalue weighted by Crippen LogP contribution is 2.39. The molecule has 0 aliphatic carbocycles. The van der Waals surface area contributed by atoms with Gasteiger partial charge in [-0.25, -0.2) is 14.4 Å². The van der Waals surface area contributed by atoms with Crippen molar-refractivity contribution in [3.8, 4) is 22.8 Å². The summed E-state index contributed by atoms with van der Waals surface area (Å²) in [6.45, 7) is 7.88. The van der Waals surface area contributed by atoms with Crippen molar-refractivity contribution < 1.29 is 28.2 Å². The number of aromatic nitrogens is 2. The number of hydrogen-bond acceptors (Lipinski definition) is 8. The molecule has 2 aromatic heterocycles. The fraction of sp³-hybridized carbons (Fsp3) is 0.300. The van der Waals surface area contributed by atoms with E-state index < -0.39 is 11.4 Å². The molecule has 0 spiro atoms. The average Bonchev–Trinajstić information content (AvgIpc) is 3.48. The molecule has 2 N–H and O–H groups in total. The number of carbonyl (C=O) groups is 1. The molecule has 1 saturated heterocycles. The molecule has 1 fully saturated rings. The van der Waals surface area contributed by atoms with E-state index in [2.05, 4.69) is 21.9 Å². The van der Waals surface area contributed by atoms with Gasteiger partial charge in [0.2, 0.25) is 5.91 Å². The molecule has 40 heavy (non-hydrogen) atoms.